The van der Waals surface area contributed by atoms with Crippen LogP contribution in [0.25, 0.3) is 0 Å². The quantitative estimate of drug-likeness (QED) is 0.802. The van der Waals surface area contributed by atoms with Crippen molar-refractivity contribution in [2.45, 2.75) is 6.36 Å². The van der Waals surface area contributed by atoms with Gasteiger partial charge in [0.25, 0.3) is 0 Å². The van der Waals surface area contributed by atoms with Crippen molar-refractivity contribution < 1.29 is 17.9 Å². The van der Waals surface area contributed by atoms with E-state index >= 15 is 0 Å². The van der Waals surface area contributed by atoms with Crippen LogP contribution in [0.2, 0.25) is 5.02 Å². The lowest BCUT2D eigenvalue weighted by atomic mass is 10.3. The minimum absolute atomic E-state index is 0.181. The van der Waals surface area contributed by atoms with Gasteiger partial charge < -0.3 is 10.5 Å². The summed E-state index contributed by atoms with van der Waals surface area (Å²) in [7, 11) is 0. The Bertz CT molecular complexity index is 356. The number of rotatable bonds is 1. The van der Waals surface area contributed by atoms with Gasteiger partial charge in [-0.3, -0.25) is 0 Å². The zero-order valence-electron chi connectivity index (χ0n) is 6.53. The van der Waals surface area contributed by atoms with Gasteiger partial charge in [-0.25, -0.2) is 0 Å². The Balaban J connectivity index is 3.06. The van der Waals surface area contributed by atoms with Gasteiger partial charge in [-0.05, 0) is 28.1 Å². The number of anilines is 1. The standard InChI is InChI=1S/C7H4BrClF3NO/c8-5-3(13)1-2-4(6(5)9)14-7(10,11)12/h1-2H,13H2. The second kappa shape index (κ2) is 3.86. The zero-order chi connectivity index (χ0) is 10.9. The summed E-state index contributed by atoms with van der Waals surface area (Å²) in [5.74, 6) is -0.486. The molecular formula is C7H4BrClF3NO. The molecule has 1 aromatic rings. The predicted octanol–water partition coefficient (Wildman–Crippen LogP) is 3.58. The maximum Gasteiger partial charge on any atom is 0.573 e. The van der Waals surface area contributed by atoms with Crippen LogP contribution < -0.4 is 10.5 Å². The SMILES string of the molecule is Nc1ccc(OC(F)(F)F)c(Cl)c1Br. The first-order valence-corrected chi connectivity index (χ1v) is 4.47. The van der Waals surface area contributed by atoms with Crippen molar-refractivity contribution >= 4 is 33.2 Å². The molecule has 0 radical (unpaired) electrons. The number of hydrogen-bond acceptors (Lipinski definition) is 2. The van der Waals surface area contributed by atoms with Crippen LogP contribution in [0.4, 0.5) is 18.9 Å². The van der Waals surface area contributed by atoms with Gasteiger partial charge >= 0.3 is 6.36 Å². The monoisotopic (exact) mass is 289 g/mol. The molecule has 7 heteroatoms. The summed E-state index contributed by atoms with van der Waals surface area (Å²) in [5.41, 5.74) is 5.63. The van der Waals surface area contributed by atoms with Gasteiger partial charge in [0.1, 0.15) is 5.75 Å². The fraction of sp³-hybridized carbons (Fsp3) is 0.143. The number of ether oxygens (including phenoxy) is 1. The Kier molecular flexibility index (Phi) is 3.16. The summed E-state index contributed by atoms with van der Waals surface area (Å²) in [6, 6.07) is 2.31. The van der Waals surface area contributed by atoms with Gasteiger partial charge in [-0.15, -0.1) is 13.2 Å². The van der Waals surface area contributed by atoms with Crippen molar-refractivity contribution in [2.75, 3.05) is 5.73 Å². The van der Waals surface area contributed by atoms with Crippen LogP contribution >= 0.6 is 27.5 Å². The Morgan fingerprint density at radius 1 is 1.36 bits per heavy atom. The molecule has 2 nitrogen and oxygen atoms in total. The van der Waals surface area contributed by atoms with E-state index in [0.29, 0.717) is 0 Å². The van der Waals surface area contributed by atoms with E-state index in [1.165, 1.54) is 6.07 Å². The lowest BCUT2D eigenvalue weighted by Gasteiger charge is -2.11. The Labute approximate surface area is 90.9 Å². The summed E-state index contributed by atoms with van der Waals surface area (Å²) in [6.45, 7) is 0. The molecule has 0 bridgehead atoms. The minimum Gasteiger partial charge on any atom is -0.404 e. The zero-order valence-corrected chi connectivity index (χ0v) is 8.87. The van der Waals surface area contributed by atoms with Crippen LogP contribution in [0.1, 0.15) is 0 Å². The fourth-order valence-electron chi connectivity index (χ4n) is 0.750. The predicted molar refractivity (Wildman–Crippen MR) is 50.2 cm³/mol. The molecule has 0 aromatic heterocycles. The molecule has 0 aliphatic carbocycles. The highest BCUT2D eigenvalue weighted by molar-refractivity contribution is 9.10. The largest absolute Gasteiger partial charge is 0.573 e. The summed E-state index contributed by atoms with van der Waals surface area (Å²) in [6.07, 6.45) is -4.76. The Morgan fingerprint density at radius 3 is 2.43 bits per heavy atom. The molecule has 0 spiro atoms. The van der Waals surface area contributed by atoms with E-state index in [1.54, 1.807) is 0 Å². The van der Waals surface area contributed by atoms with E-state index in [9.17, 15) is 13.2 Å². The van der Waals surface area contributed by atoms with Gasteiger partial charge in [0.15, 0.2) is 0 Å². The third-order valence-corrected chi connectivity index (χ3v) is 2.76. The van der Waals surface area contributed by atoms with Gasteiger partial charge in [0, 0.05) is 5.69 Å². The van der Waals surface area contributed by atoms with Crippen molar-refractivity contribution in [3.63, 3.8) is 0 Å². The van der Waals surface area contributed by atoms with Crippen molar-refractivity contribution in [1.29, 1.82) is 0 Å². The fourth-order valence-corrected chi connectivity index (χ4v) is 1.29. The smallest absolute Gasteiger partial charge is 0.404 e. The number of nitrogens with two attached hydrogens (primary N) is 1. The number of benzene rings is 1. The highest BCUT2D eigenvalue weighted by Gasteiger charge is 2.32. The minimum atomic E-state index is -4.76. The van der Waals surface area contributed by atoms with Crippen molar-refractivity contribution in [2.24, 2.45) is 0 Å². The Hall–Kier alpha value is -0.620. The number of nitrogen functional groups attached to an aromatic ring is 1. The molecule has 0 amide bonds. The molecule has 0 aliphatic heterocycles. The first-order valence-electron chi connectivity index (χ1n) is 3.30. The van der Waals surface area contributed by atoms with Crippen LogP contribution in [0.5, 0.6) is 5.75 Å². The first-order chi connectivity index (χ1) is 6.31. The van der Waals surface area contributed by atoms with Gasteiger partial charge in [-0.1, -0.05) is 11.6 Å². The van der Waals surface area contributed by atoms with Crippen LogP contribution in [0.3, 0.4) is 0 Å². The van der Waals surface area contributed by atoms with E-state index < -0.39 is 12.1 Å². The van der Waals surface area contributed by atoms with E-state index in [0.717, 1.165) is 6.07 Å². The molecule has 0 unspecified atom stereocenters. The lowest BCUT2D eigenvalue weighted by Crippen LogP contribution is -2.17. The number of halogens is 5. The van der Waals surface area contributed by atoms with E-state index in [4.69, 9.17) is 17.3 Å². The normalized spacial score (nSPS) is 11.5. The number of hydrogen-bond donors (Lipinski definition) is 1. The third kappa shape index (κ3) is 2.68. The molecule has 0 aliphatic rings. The van der Waals surface area contributed by atoms with E-state index in [2.05, 4.69) is 20.7 Å². The molecule has 0 saturated heterocycles. The highest BCUT2D eigenvalue weighted by Crippen LogP contribution is 2.38. The van der Waals surface area contributed by atoms with Crippen LogP contribution in [0, 0.1) is 0 Å². The molecule has 0 fully saturated rings. The maximum atomic E-state index is 11.8. The van der Waals surface area contributed by atoms with Gasteiger partial charge in [0.05, 0.1) is 9.50 Å². The van der Waals surface area contributed by atoms with Crippen LogP contribution in [0.15, 0.2) is 16.6 Å². The summed E-state index contributed by atoms with van der Waals surface area (Å²) < 4.78 is 39.3. The summed E-state index contributed by atoms with van der Waals surface area (Å²) in [5, 5.41) is -0.206. The van der Waals surface area contributed by atoms with E-state index in [1.807, 2.05) is 0 Å². The average molecular weight is 290 g/mol. The second-order valence-electron chi connectivity index (χ2n) is 2.33. The molecule has 14 heavy (non-hydrogen) atoms. The van der Waals surface area contributed by atoms with Gasteiger partial charge in [-0.2, -0.15) is 0 Å². The van der Waals surface area contributed by atoms with Crippen molar-refractivity contribution in [3.05, 3.63) is 21.6 Å². The third-order valence-electron chi connectivity index (χ3n) is 1.30. The molecular weight excluding hydrogens is 286 g/mol. The Morgan fingerprint density at radius 2 is 1.93 bits per heavy atom. The molecule has 78 valence electrons. The van der Waals surface area contributed by atoms with Crippen LogP contribution in [-0.2, 0) is 0 Å². The maximum absolute atomic E-state index is 11.8. The van der Waals surface area contributed by atoms with E-state index in [-0.39, 0.29) is 15.2 Å². The van der Waals surface area contributed by atoms with Gasteiger partial charge in [0.2, 0.25) is 0 Å². The van der Waals surface area contributed by atoms with Crippen molar-refractivity contribution in [3.8, 4) is 5.75 Å². The first kappa shape index (κ1) is 11.5. The summed E-state index contributed by atoms with van der Waals surface area (Å²) >= 11 is 8.49. The molecule has 1 aromatic carbocycles. The molecule has 0 heterocycles. The summed E-state index contributed by atoms with van der Waals surface area (Å²) in [4.78, 5) is 0. The number of alkyl halides is 3. The topological polar surface area (TPSA) is 35.2 Å². The molecule has 0 saturated carbocycles. The molecule has 2 N–H and O–H groups in total. The second-order valence-corrected chi connectivity index (χ2v) is 3.50. The highest BCUT2D eigenvalue weighted by atomic mass is 79.9. The van der Waals surface area contributed by atoms with Crippen LogP contribution in [-0.4, -0.2) is 6.36 Å². The lowest BCUT2D eigenvalue weighted by molar-refractivity contribution is -0.274. The van der Waals surface area contributed by atoms with Crippen molar-refractivity contribution in [1.82, 2.24) is 0 Å². The molecule has 1 rings (SSSR count). The molecule has 0 atom stereocenters. The average Bonchev–Trinajstić information content (AvgIpc) is 2.04.